The van der Waals surface area contributed by atoms with Crippen LogP contribution in [-0.4, -0.2) is 159 Å². The van der Waals surface area contributed by atoms with Crippen LogP contribution in [0.2, 0.25) is 103 Å². The van der Waals surface area contributed by atoms with Crippen LogP contribution in [0.5, 0.6) is 0 Å². The van der Waals surface area contributed by atoms with Crippen molar-refractivity contribution in [1.82, 2.24) is 39.2 Å². The number of halogens is 3. The van der Waals surface area contributed by atoms with Crippen molar-refractivity contribution >= 4 is 107 Å². The van der Waals surface area contributed by atoms with Gasteiger partial charge < -0.3 is 33.9 Å². The molecule has 2 aromatic carbocycles. The molecule has 488 valence electrons. The number of hydrogen-bond donors (Lipinski definition) is 1. The number of aromatic nitrogens is 8. The summed E-state index contributed by atoms with van der Waals surface area (Å²) in [5.74, 6) is 0.653. The second-order valence-corrected chi connectivity index (χ2v) is 54.2. The highest BCUT2D eigenvalue weighted by Gasteiger charge is 2.26. The van der Waals surface area contributed by atoms with Crippen LogP contribution in [0, 0.1) is 11.6 Å². The molecule has 20 nitrogen and oxygen atoms in total. The number of ether oxygens (including phenoxy) is 4. The van der Waals surface area contributed by atoms with Gasteiger partial charge in [-0.1, -0.05) is 78.6 Å². The van der Waals surface area contributed by atoms with Crippen LogP contribution in [0.1, 0.15) is 37.4 Å². The largest absolute Gasteiger partial charge is 0.387 e. The van der Waals surface area contributed by atoms with Crippen molar-refractivity contribution in [1.29, 1.82) is 0 Å². The van der Waals surface area contributed by atoms with Gasteiger partial charge in [-0.15, -0.1) is 0 Å². The second kappa shape index (κ2) is 30.9. The lowest BCUT2D eigenvalue weighted by molar-refractivity contribution is 0.0940. The van der Waals surface area contributed by atoms with Crippen LogP contribution in [0.3, 0.4) is 0 Å². The van der Waals surface area contributed by atoms with Gasteiger partial charge in [-0.05, 0) is 86.6 Å². The molecule has 0 fully saturated rings. The monoisotopic (exact) mass is 1360 g/mol. The Hall–Kier alpha value is -5.22. The van der Waals surface area contributed by atoms with Crippen molar-refractivity contribution in [3.05, 3.63) is 108 Å². The summed E-state index contributed by atoms with van der Waals surface area (Å²) in [6, 6.07) is 20.4. The summed E-state index contributed by atoms with van der Waals surface area (Å²) in [7, 11) is -7.56. The molecular weight excluding hydrogens is 1270 g/mol. The molecule has 6 aromatic heterocycles. The molecule has 29 heteroatoms. The summed E-state index contributed by atoms with van der Waals surface area (Å²) in [4.78, 5) is 22.5. The third-order valence-corrected chi connectivity index (χ3v) is 21.1. The highest BCUT2D eigenvalue weighted by molar-refractivity contribution is 8.13. The summed E-state index contributed by atoms with van der Waals surface area (Å²) in [6.07, 6.45) is 7.11. The maximum Gasteiger partial charge on any atom is 0.265 e. The number of aliphatic hydroxyl groups excluding tert-OH is 1. The van der Waals surface area contributed by atoms with Gasteiger partial charge in [-0.3, -0.25) is 14.2 Å². The van der Waals surface area contributed by atoms with Gasteiger partial charge in [-0.25, -0.2) is 27.2 Å². The van der Waals surface area contributed by atoms with Crippen molar-refractivity contribution in [2.75, 3.05) is 75.7 Å². The van der Waals surface area contributed by atoms with Gasteiger partial charge in [0.2, 0.25) is 9.05 Å². The number of fused-ring (bicyclic) bond motifs is 4. The fourth-order valence-electron chi connectivity index (χ4n) is 8.57. The Morgan fingerprint density at radius 1 is 0.539 bits per heavy atom. The third kappa shape index (κ3) is 24.1. The topological polar surface area (TPSA) is 227 Å². The van der Waals surface area contributed by atoms with Crippen molar-refractivity contribution in [3.63, 3.8) is 0 Å². The number of rotatable bonds is 28. The number of pyridine rings is 2. The van der Waals surface area contributed by atoms with Gasteiger partial charge in [0.1, 0.15) is 56.3 Å². The lowest BCUT2D eigenvalue weighted by atomic mass is 10.1. The van der Waals surface area contributed by atoms with Gasteiger partial charge in [0.15, 0.2) is 11.3 Å². The first-order chi connectivity index (χ1) is 41.3. The number of benzene rings is 2. The van der Waals surface area contributed by atoms with Crippen LogP contribution >= 0.6 is 10.7 Å². The Kier molecular flexibility index (Phi) is 25.3. The van der Waals surface area contributed by atoms with E-state index in [1.54, 1.807) is 65.9 Å². The first kappa shape index (κ1) is 72.8. The Morgan fingerprint density at radius 2 is 0.876 bits per heavy atom. The Balaban J connectivity index is 0.000000264. The highest BCUT2D eigenvalue weighted by atomic mass is 35.7. The van der Waals surface area contributed by atoms with E-state index in [9.17, 15) is 30.7 Å². The van der Waals surface area contributed by atoms with E-state index in [-0.39, 0.29) is 25.1 Å². The molecule has 0 aliphatic heterocycles. The molecule has 89 heavy (non-hydrogen) atoms. The van der Waals surface area contributed by atoms with E-state index in [2.05, 4.69) is 109 Å². The molecule has 0 saturated heterocycles. The highest BCUT2D eigenvalue weighted by Crippen LogP contribution is 2.33. The van der Waals surface area contributed by atoms with Gasteiger partial charge in [0.05, 0.1) is 53.4 Å². The smallest absolute Gasteiger partial charge is 0.265 e. The van der Waals surface area contributed by atoms with E-state index in [0.717, 1.165) is 47.8 Å². The SMILES string of the molecule is CC(O)c1cc(N(COCC[Si](C)(C)C)COCC[Si](C)(C)C)n2ncc(-c3cnc4ccc(F)cc4c3)c2n1.CC(OS(C)(=O)=O)c1cc(N(COCC[Si](C)(C)C)COCC[Si](C)(C)C)n2ncc(-c3cnc4ccc(F)cc4c3)c2n1.CS(=O)(=O)Cl. The maximum atomic E-state index is 14.0. The molecule has 0 saturated carbocycles. The van der Waals surface area contributed by atoms with Gasteiger partial charge in [-0.2, -0.15) is 27.6 Å². The van der Waals surface area contributed by atoms with Crippen LogP contribution in [-0.2, 0) is 42.3 Å². The minimum absolute atomic E-state index is 0.239. The predicted molar refractivity (Wildman–Crippen MR) is 364 cm³/mol. The molecule has 0 radical (unpaired) electrons. The minimum atomic E-state index is -3.76. The van der Waals surface area contributed by atoms with Crippen molar-refractivity contribution in [3.8, 4) is 22.3 Å². The molecule has 8 rings (SSSR count). The summed E-state index contributed by atoms with van der Waals surface area (Å²) >= 11 is 0. The normalized spacial score (nSPS) is 13.3. The number of nitrogens with zero attached hydrogens (tertiary/aromatic N) is 10. The zero-order valence-corrected chi connectivity index (χ0v) is 60.7. The van der Waals surface area contributed by atoms with Crippen LogP contribution in [0.15, 0.2) is 85.5 Å². The van der Waals surface area contributed by atoms with Crippen molar-refractivity contribution < 1.29 is 53.9 Å². The minimum Gasteiger partial charge on any atom is -0.387 e. The molecule has 2 atom stereocenters. The second-order valence-electron chi connectivity index (χ2n) is 27.1. The quantitative estimate of drug-likeness (QED) is 0.0158. The molecule has 8 aromatic rings. The summed E-state index contributed by atoms with van der Waals surface area (Å²) in [5.41, 5.74) is 6.15. The van der Waals surface area contributed by atoms with Gasteiger partial charge >= 0.3 is 0 Å². The summed E-state index contributed by atoms with van der Waals surface area (Å²) in [5, 5.41) is 21.2. The average Bonchev–Trinajstić information content (AvgIpc) is 1.90. The third-order valence-electron chi connectivity index (χ3n) is 13.6. The predicted octanol–water partition coefficient (Wildman–Crippen LogP) is 13.3. The van der Waals surface area contributed by atoms with Gasteiger partial charge in [0, 0.05) is 127 Å². The molecule has 0 aliphatic carbocycles. The van der Waals surface area contributed by atoms with E-state index in [0.29, 0.717) is 107 Å². The lowest BCUT2D eigenvalue weighted by Gasteiger charge is -2.27. The molecule has 0 bridgehead atoms. The molecule has 0 amide bonds. The molecule has 1 N–H and O–H groups in total. The molecule has 2 unspecified atom stereocenters. The van der Waals surface area contributed by atoms with Crippen LogP contribution < -0.4 is 9.80 Å². The maximum absolute atomic E-state index is 14.0. The van der Waals surface area contributed by atoms with E-state index in [1.165, 1.54) is 24.3 Å². The van der Waals surface area contributed by atoms with Gasteiger partial charge in [0.25, 0.3) is 10.1 Å². The molecule has 6 heterocycles. The lowest BCUT2D eigenvalue weighted by Crippen LogP contribution is -2.33. The van der Waals surface area contributed by atoms with Crippen LogP contribution in [0.4, 0.5) is 20.4 Å². The molecule has 0 spiro atoms. The van der Waals surface area contributed by atoms with Crippen LogP contribution in [0.25, 0.3) is 55.4 Å². The number of hydrogen-bond acceptors (Lipinski definition) is 18. The first-order valence-corrected chi connectivity index (χ1v) is 48.8. The molecular formula is C60H89ClF2N10O10S2Si4. The van der Waals surface area contributed by atoms with E-state index in [4.69, 9.17) is 33.1 Å². The fourth-order valence-corrected chi connectivity index (χ4v) is 12.2. The van der Waals surface area contributed by atoms with E-state index in [1.807, 2.05) is 28.0 Å². The standard InChI is InChI=1S/C30H44FN5O5SSi2.C29H42FN5O3Si2.CH3ClO2S/c1-22(41-42(2,37)38)28-17-29(35(20-39-11-13-43(3,4)5)21-40-12-14-44(6,7)8)36-30(34-28)26(19-33-36)24-15-23-16-25(31)9-10-27(23)32-18-24;1-21(36)27-16-28(34(19-37-10-12-39(2,3)4)20-38-11-13-40(5,6)7)35-29(33-27)25(18-32-35)23-14-22-15-24(30)8-9-26(22)31-17-23;1-5(2,3)4/h9-10,15-19,22H,11-14,20-21H2,1-8H3;8-9,14-18,21,36H,10-13,19-20H2,1-7H3;1H3. The average molecular weight is 1360 g/mol. The zero-order valence-electron chi connectivity index (χ0n) is 54.3. The first-order valence-electron chi connectivity index (χ1n) is 29.5. The Labute approximate surface area is 531 Å². The number of anilines is 2. The van der Waals surface area contributed by atoms with E-state index < -0.39 is 63.7 Å². The fraction of sp³-hybridized carbons (Fsp3) is 0.500. The Morgan fingerprint density at radius 3 is 1.20 bits per heavy atom. The zero-order chi connectivity index (χ0) is 65.9. The summed E-state index contributed by atoms with van der Waals surface area (Å²) in [6.45, 7) is 34.8. The summed E-state index contributed by atoms with van der Waals surface area (Å²) < 4.78 is 104. The molecule has 0 aliphatic rings. The van der Waals surface area contributed by atoms with Crippen molar-refractivity contribution in [2.45, 2.75) is 129 Å². The number of aliphatic hydroxyl groups is 1. The Bertz CT molecular complexity index is 3850. The van der Waals surface area contributed by atoms with E-state index >= 15 is 0 Å². The van der Waals surface area contributed by atoms with Crippen molar-refractivity contribution in [2.24, 2.45) is 0 Å².